The molecule has 0 aliphatic heterocycles. The Bertz CT molecular complexity index is 625. The Morgan fingerprint density at radius 2 is 2.10 bits per heavy atom. The number of halogens is 2. The summed E-state index contributed by atoms with van der Waals surface area (Å²) in [7, 11) is 3.90. The third kappa shape index (κ3) is 3.72. The van der Waals surface area contributed by atoms with E-state index in [9.17, 15) is 4.79 Å². The van der Waals surface area contributed by atoms with Crippen LogP contribution in [0.3, 0.4) is 0 Å². The highest BCUT2D eigenvalue weighted by Crippen LogP contribution is 2.21. The van der Waals surface area contributed by atoms with E-state index in [2.05, 4.69) is 15.5 Å². The molecule has 0 radical (unpaired) electrons. The monoisotopic (exact) mass is 312 g/mol. The Morgan fingerprint density at radius 1 is 1.35 bits per heavy atom. The molecule has 1 heterocycles. The maximum atomic E-state index is 12.1. The summed E-state index contributed by atoms with van der Waals surface area (Å²) < 4.78 is 0. The van der Waals surface area contributed by atoms with Crippen LogP contribution in [0, 0.1) is 0 Å². The van der Waals surface area contributed by atoms with Gasteiger partial charge in [0, 0.05) is 17.6 Å². The van der Waals surface area contributed by atoms with Crippen LogP contribution in [-0.2, 0) is 6.54 Å². The molecule has 0 bridgehead atoms. The number of hydrogen-bond acceptors (Lipinski definition) is 3. The Labute approximate surface area is 126 Å². The number of nitrogens with zero attached hydrogens (tertiary/aromatic N) is 2. The van der Waals surface area contributed by atoms with Crippen molar-refractivity contribution in [3.05, 3.63) is 45.6 Å². The van der Waals surface area contributed by atoms with E-state index in [-0.39, 0.29) is 5.91 Å². The van der Waals surface area contributed by atoms with Crippen molar-refractivity contribution in [3.63, 3.8) is 0 Å². The summed E-state index contributed by atoms with van der Waals surface area (Å²) in [6.07, 6.45) is 0. The molecular formula is C13H14Cl2N4O. The topological polar surface area (TPSA) is 61.0 Å². The fraction of sp³-hybridized carbons (Fsp3) is 0.231. The van der Waals surface area contributed by atoms with Crippen LogP contribution < -0.4 is 5.32 Å². The Balaban J connectivity index is 2.11. The summed E-state index contributed by atoms with van der Waals surface area (Å²) in [5, 5.41) is 10.4. The van der Waals surface area contributed by atoms with Crippen LogP contribution in [0.2, 0.25) is 10.0 Å². The SMILES string of the molecule is CN(C)Cc1cc(NC(=O)c2cc(Cl)ccc2Cl)n[nH]1. The van der Waals surface area contributed by atoms with E-state index in [1.54, 1.807) is 18.2 Å². The van der Waals surface area contributed by atoms with Gasteiger partial charge in [-0.15, -0.1) is 0 Å². The quantitative estimate of drug-likeness (QED) is 0.912. The number of nitrogens with one attached hydrogen (secondary N) is 2. The van der Waals surface area contributed by atoms with E-state index in [0.717, 1.165) is 5.69 Å². The fourth-order valence-corrected chi connectivity index (χ4v) is 2.08. The average Bonchev–Trinajstić information content (AvgIpc) is 2.78. The fourth-order valence-electron chi connectivity index (χ4n) is 1.70. The smallest absolute Gasteiger partial charge is 0.258 e. The van der Waals surface area contributed by atoms with Gasteiger partial charge in [-0.05, 0) is 32.3 Å². The van der Waals surface area contributed by atoms with Crippen molar-refractivity contribution < 1.29 is 4.79 Å². The minimum absolute atomic E-state index is 0.316. The van der Waals surface area contributed by atoms with Crippen LogP contribution >= 0.6 is 23.2 Å². The molecule has 5 nitrogen and oxygen atoms in total. The molecule has 0 aliphatic rings. The summed E-state index contributed by atoms with van der Waals surface area (Å²) in [5.74, 6) is 0.100. The van der Waals surface area contributed by atoms with Crippen molar-refractivity contribution in [3.8, 4) is 0 Å². The maximum absolute atomic E-state index is 12.1. The van der Waals surface area contributed by atoms with Gasteiger partial charge >= 0.3 is 0 Å². The summed E-state index contributed by atoms with van der Waals surface area (Å²) in [6.45, 7) is 0.709. The third-order valence-electron chi connectivity index (χ3n) is 2.53. The molecule has 1 aromatic heterocycles. The number of hydrogen-bond donors (Lipinski definition) is 2. The number of rotatable bonds is 4. The van der Waals surface area contributed by atoms with E-state index in [4.69, 9.17) is 23.2 Å². The predicted molar refractivity (Wildman–Crippen MR) is 80.4 cm³/mol. The van der Waals surface area contributed by atoms with Crippen LogP contribution in [0.15, 0.2) is 24.3 Å². The lowest BCUT2D eigenvalue weighted by Gasteiger charge is -2.06. The molecule has 0 spiro atoms. The number of aromatic nitrogens is 2. The number of benzene rings is 1. The molecule has 7 heteroatoms. The molecule has 0 saturated carbocycles. The van der Waals surface area contributed by atoms with Gasteiger partial charge in [0.05, 0.1) is 16.3 Å². The average molecular weight is 313 g/mol. The molecule has 1 amide bonds. The van der Waals surface area contributed by atoms with Gasteiger partial charge in [-0.1, -0.05) is 23.2 Å². The van der Waals surface area contributed by atoms with Gasteiger partial charge in [-0.3, -0.25) is 9.89 Å². The molecule has 0 fully saturated rings. The number of anilines is 1. The van der Waals surface area contributed by atoms with Crippen molar-refractivity contribution in [1.82, 2.24) is 15.1 Å². The summed E-state index contributed by atoms with van der Waals surface area (Å²) >= 11 is 11.8. The van der Waals surface area contributed by atoms with Crippen molar-refractivity contribution in [1.29, 1.82) is 0 Å². The first-order valence-electron chi connectivity index (χ1n) is 5.91. The van der Waals surface area contributed by atoms with E-state index in [1.807, 2.05) is 19.0 Å². The number of carbonyl (C=O) groups is 1. The molecule has 20 heavy (non-hydrogen) atoms. The van der Waals surface area contributed by atoms with E-state index in [1.165, 1.54) is 6.07 Å². The molecular weight excluding hydrogens is 299 g/mol. The summed E-state index contributed by atoms with van der Waals surface area (Å²) in [5.41, 5.74) is 1.22. The predicted octanol–water partition coefficient (Wildman–Crippen LogP) is 3.03. The van der Waals surface area contributed by atoms with Gasteiger partial charge in [0.1, 0.15) is 0 Å². The van der Waals surface area contributed by atoms with Gasteiger partial charge in [-0.25, -0.2) is 0 Å². The normalized spacial score (nSPS) is 10.8. The molecule has 0 aliphatic carbocycles. The van der Waals surface area contributed by atoms with Gasteiger partial charge in [0.25, 0.3) is 5.91 Å². The molecule has 0 unspecified atom stereocenters. The number of amides is 1. The molecule has 0 atom stereocenters. The molecule has 2 rings (SSSR count). The number of carbonyl (C=O) groups excluding carboxylic acids is 1. The Morgan fingerprint density at radius 3 is 2.80 bits per heavy atom. The molecule has 0 saturated heterocycles. The first-order chi connectivity index (χ1) is 9.45. The van der Waals surface area contributed by atoms with Gasteiger partial charge in [-0.2, -0.15) is 5.10 Å². The van der Waals surface area contributed by atoms with Crippen LogP contribution in [-0.4, -0.2) is 35.1 Å². The first-order valence-corrected chi connectivity index (χ1v) is 6.66. The highest BCUT2D eigenvalue weighted by Gasteiger charge is 2.13. The summed E-state index contributed by atoms with van der Waals surface area (Å²) in [4.78, 5) is 14.1. The zero-order valence-corrected chi connectivity index (χ0v) is 12.6. The molecule has 1 aromatic carbocycles. The number of H-pyrrole nitrogens is 1. The number of aromatic amines is 1. The largest absolute Gasteiger partial charge is 0.305 e. The van der Waals surface area contributed by atoms with Crippen molar-refractivity contribution in [2.24, 2.45) is 0 Å². The maximum Gasteiger partial charge on any atom is 0.258 e. The zero-order valence-electron chi connectivity index (χ0n) is 11.1. The molecule has 106 valence electrons. The lowest BCUT2D eigenvalue weighted by Crippen LogP contribution is -2.12. The standard InChI is InChI=1S/C13H14Cl2N4O/c1-19(2)7-9-6-12(18-17-9)16-13(20)10-5-8(14)3-4-11(10)15/h3-6H,7H2,1-2H3,(H2,16,17,18,20). The van der Waals surface area contributed by atoms with Crippen molar-refractivity contribution in [2.75, 3.05) is 19.4 Å². The van der Waals surface area contributed by atoms with Crippen molar-refractivity contribution in [2.45, 2.75) is 6.54 Å². The second-order valence-electron chi connectivity index (χ2n) is 4.59. The third-order valence-corrected chi connectivity index (χ3v) is 3.10. The highest BCUT2D eigenvalue weighted by atomic mass is 35.5. The van der Waals surface area contributed by atoms with Crippen LogP contribution in [0.4, 0.5) is 5.82 Å². The lowest BCUT2D eigenvalue weighted by molar-refractivity contribution is 0.102. The van der Waals surface area contributed by atoms with E-state index in [0.29, 0.717) is 28.0 Å². The van der Waals surface area contributed by atoms with Crippen LogP contribution in [0.5, 0.6) is 0 Å². The zero-order chi connectivity index (χ0) is 14.7. The van der Waals surface area contributed by atoms with Gasteiger partial charge in [0.15, 0.2) is 5.82 Å². The minimum Gasteiger partial charge on any atom is -0.305 e. The van der Waals surface area contributed by atoms with Gasteiger partial charge < -0.3 is 10.2 Å². The lowest BCUT2D eigenvalue weighted by atomic mass is 10.2. The van der Waals surface area contributed by atoms with Gasteiger partial charge in [0.2, 0.25) is 0 Å². The van der Waals surface area contributed by atoms with Crippen molar-refractivity contribution >= 4 is 34.9 Å². The van der Waals surface area contributed by atoms with E-state index < -0.39 is 0 Å². The minimum atomic E-state index is -0.347. The second-order valence-corrected chi connectivity index (χ2v) is 5.44. The molecule has 2 aromatic rings. The summed E-state index contributed by atoms with van der Waals surface area (Å²) in [6, 6.07) is 6.51. The Hall–Kier alpha value is -1.56. The first kappa shape index (κ1) is 14.8. The Kier molecular flexibility index (Phi) is 4.65. The second kappa shape index (κ2) is 6.26. The highest BCUT2D eigenvalue weighted by molar-refractivity contribution is 6.36. The van der Waals surface area contributed by atoms with E-state index >= 15 is 0 Å². The van der Waals surface area contributed by atoms with Crippen LogP contribution in [0.1, 0.15) is 16.1 Å². The van der Waals surface area contributed by atoms with Crippen LogP contribution in [0.25, 0.3) is 0 Å². The molecule has 2 N–H and O–H groups in total.